The Hall–Kier alpha value is -1.59. The lowest BCUT2D eigenvalue weighted by Gasteiger charge is -2.06. The minimum atomic E-state index is -0.0556. The zero-order valence-electron chi connectivity index (χ0n) is 11.6. The van der Waals surface area contributed by atoms with Crippen molar-refractivity contribution in [2.45, 2.75) is 25.7 Å². The molecule has 4 nitrogen and oxygen atoms in total. The average molecular weight is 324 g/mol. The fraction of sp³-hybridized carbons (Fsp3) is 0.333. The van der Waals surface area contributed by atoms with E-state index in [1.54, 1.807) is 11.3 Å². The summed E-state index contributed by atoms with van der Waals surface area (Å²) in [6, 6.07) is 9.71. The van der Waals surface area contributed by atoms with Crippen LogP contribution in [0.5, 0.6) is 0 Å². The van der Waals surface area contributed by atoms with Gasteiger partial charge in [-0.25, -0.2) is 4.98 Å². The first-order chi connectivity index (χ1) is 9.81. The predicted molar refractivity (Wildman–Crippen MR) is 89.6 cm³/mol. The van der Waals surface area contributed by atoms with E-state index in [2.05, 4.69) is 15.6 Å². The van der Waals surface area contributed by atoms with Gasteiger partial charge in [-0.15, -0.1) is 23.7 Å². The van der Waals surface area contributed by atoms with Gasteiger partial charge in [0, 0.05) is 10.6 Å². The summed E-state index contributed by atoms with van der Waals surface area (Å²) >= 11 is 1.61. The maximum absolute atomic E-state index is 11.9. The Bertz CT molecular complexity index is 577. The monoisotopic (exact) mass is 323 g/mol. The number of aryl methyl sites for hydroxylation is 2. The average Bonchev–Trinajstić information content (AvgIpc) is 2.88. The van der Waals surface area contributed by atoms with Crippen LogP contribution in [0.3, 0.4) is 0 Å². The fourth-order valence-electron chi connectivity index (χ4n) is 2.31. The van der Waals surface area contributed by atoms with Crippen LogP contribution in [0.4, 0.5) is 10.8 Å². The molecule has 1 aliphatic rings. The first kappa shape index (κ1) is 15.8. The highest BCUT2D eigenvalue weighted by Gasteiger charge is 2.16. The number of para-hydroxylation sites is 1. The minimum Gasteiger partial charge on any atom is -0.376 e. The van der Waals surface area contributed by atoms with Gasteiger partial charge in [0.15, 0.2) is 5.13 Å². The molecule has 2 N–H and O–H groups in total. The zero-order chi connectivity index (χ0) is 13.8. The third-order valence-electron chi connectivity index (χ3n) is 3.32. The molecule has 112 valence electrons. The van der Waals surface area contributed by atoms with Gasteiger partial charge in [0.2, 0.25) is 5.91 Å². The van der Waals surface area contributed by atoms with Gasteiger partial charge < -0.3 is 10.6 Å². The Balaban J connectivity index is 0.00000161. The number of hydrogen-bond acceptors (Lipinski definition) is 4. The number of aromatic nitrogens is 1. The number of carbonyl (C=O) groups is 1. The Morgan fingerprint density at radius 2 is 1.95 bits per heavy atom. The summed E-state index contributed by atoms with van der Waals surface area (Å²) in [6.07, 6.45) is 4.59. The standard InChI is InChI=1S/C15H17N3OS.ClH/c19-14(10-16-11-6-2-1-3-7-11)18-15-17-12-8-4-5-9-13(12)20-15;/h1-3,6-7,16H,4-5,8-10H2,(H,17,18,19);1H. The molecule has 2 aromatic rings. The van der Waals surface area contributed by atoms with E-state index in [4.69, 9.17) is 0 Å². The molecule has 0 bridgehead atoms. The van der Waals surface area contributed by atoms with Crippen molar-refractivity contribution < 1.29 is 4.79 Å². The van der Waals surface area contributed by atoms with Crippen molar-refractivity contribution in [2.24, 2.45) is 0 Å². The number of anilines is 2. The lowest BCUT2D eigenvalue weighted by molar-refractivity contribution is -0.114. The molecule has 0 aliphatic heterocycles. The van der Waals surface area contributed by atoms with Crippen LogP contribution in [0.25, 0.3) is 0 Å². The van der Waals surface area contributed by atoms with Gasteiger partial charge in [0.05, 0.1) is 12.2 Å². The molecule has 0 spiro atoms. The highest BCUT2D eigenvalue weighted by molar-refractivity contribution is 7.15. The summed E-state index contributed by atoms with van der Waals surface area (Å²) in [5.74, 6) is -0.0556. The Morgan fingerprint density at radius 3 is 2.71 bits per heavy atom. The maximum Gasteiger partial charge on any atom is 0.245 e. The van der Waals surface area contributed by atoms with Gasteiger partial charge in [-0.2, -0.15) is 0 Å². The van der Waals surface area contributed by atoms with Crippen LogP contribution in [0.15, 0.2) is 30.3 Å². The molecular formula is C15H18ClN3OS. The zero-order valence-corrected chi connectivity index (χ0v) is 13.2. The van der Waals surface area contributed by atoms with Crippen LogP contribution >= 0.6 is 23.7 Å². The van der Waals surface area contributed by atoms with Gasteiger partial charge in [0.1, 0.15) is 0 Å². The van der Waals surface area contributed by atoms with Gasteiger partial charge in [-0.3, -0.25) is 4.79 Å². The van der Waals surface area contributed by atoms with E-state index >= 15 is 0 Å². The number of hydrogen-bond donors (Lipinski definition) is 2. The number of benzene rings is 1. The van der Waals surface area contributed by atoms with E-state index in [1.165, 1.54) is 23.4 Å². The van der Waals surface area contributed by atoms with E-state index in [0.717, 1.165) is 23.7 Å². The summed E-state index contributed by atoms with van der Waals surface area (Å²) in [6.45, 7) is 0.258. The number of nitrogens with zero attached hydrogens (tertiary/aromatic N) is 1. The third-order valence-corrected chi connectivity index (χ3v) is 4.39. The second-order valence-electron chi connectivity index (χ2n) is 4.86. The van der Waals surface area contributed by atoms with Crippen LogP contribution in [-0.4, -0.2) is 17.4 Å². The Morgan fingerprint density at radius 1 is 1.19 bits per heavy atom. The van der Waals surface area contributed by atoms with Crippen molar-refractivity contribution in [1.29, 1.82) is 0 Å². The smallest absolute Gasteiger partial charge is 0.245 e. The third kappa shape index (κ3) is 4.19. The minimum absolute atomic E-state index is 0. The molecule has 0 radical (unpaired) electrons. The quantitative estimate of drug-likeness (QED) is 0.905. The summed E-state index contributed by atoms with van der Waals surface area (Å²) < 4.78 is 0. The highest BCUT2D eigenvalue weighted by Crippen LogP contribution is 2.29. The molecule has 0 atom stereocenters. The van der Waals surface area contributed by atoms with E-state index in [1.807, 2.05) is 30.3 Å². The molecule has 0 saturated heterocycles. The van der Waals surface area contributed by atoms with E-state index < -0.39 is 0 Å². The lowest BCUT2D eigenvalue weighted by Crippen LogP contribution is -2.21. The first-order valence-electron chi connectivity index (χ1n) is 6.88. The van der Waals surface area contributed by atoms with Crippen molar-refractivity contribution in [3.05, 3.63) is 40.9 Å². The van der Waals surface area contributed by atoms with Crippen molar-refractivity contribution >= 4 is 40.5 Å². The van der Waals surface area contributed by atoms with Crippen LogP contribution in [0, 0.1) is 0 Å². The number of nitrogens with one attached hydrogen (secondary N) is 2. The lowest BCUT2D eigenvalue weighted by atomic mass is 10.0. The molecule has 1 aromatic heterocycles. The van der Waals surface area contributed by atoms with E-state index in [-0.39, 0.29) is 24.9 Å². The number of thiazole rings is 1. The summed E-state index contributed by atoms with van der Waals surface area (Å²) in [7, 11) is 0. The molecule has 6 heteroatoms. The summed E-state index contributed by atoms with van der Waals surface area (Å²) in [5.41, 5.74) is 2.12. The molecule has 1 heterocycles. The van der Waals surface area contributed by atoms with Crippen LogP contribution < -0.4 is 10.6 Å². The number of amides is 1. The van der Waals surface area contributed by atoms with Gasteiger partial charge in [0.25, 0.3) is 0 Å². The van der Waals surface area contributed by atoms with Crippen molar-refractivity contribution in [3.8, 4) is 0 Å². The van der Waals surface area contributed by atoms with Gasteiger partial charge >= 0.3 is 0 Å². The number of fused-ring (bicyclic) bond motifs is 1. The van der Waals surface area contributed by atoms with Crippen molar-refractivity contribution in [2.75, 3.05) is 17.2 Å². The highest BCUT2D eigenvalue weighted by atomic mass is 35.5. The van der Waals surface area contributed by atoms with E-state index in [0.29, 0.717) is 0 Å². The second kappa shape index (κ2) is 7.43. The molecular weight excluding hydrogens is 306 g/mol. The summed E-state index contributed by atoms with van der Waals surface area (Å²) in [4.78, 5) is 17.7. The maximum atomic E-state index is 11.9. The number of rotatable bonds is 4. The molecule has 21 heavy (non-hydrogen) atoms. The van der Waals surface area contributed by atoms with Crippen LogP contribution in [0.2, 0.25) is 0 Å². The Kier molecular flexibility index (Phi) is 5.59. The SMILES string of the molecule is Cl.O=C(CNc1ccccc1)Nc1nc2c(s1)CCCC2. The molecule has 0 fully saturated rings. The van der Waals surface area contributed by atoms with Gasteiger partial charge in [-0.1, -0.05) is 18.2 Å². The summed E-state index contributed by atoms with van der Waals surface area (Å²) in [5, 5.41) is 6.70. The molecule has 1 amide bonds. The fourth-order valence-corrected chi connectivity index (χ4v) is 3.37. The first-order valence-corrected chi connectivity index (χ1v) is 7.70. The number of halogens is 1. The molecule has 1 aromatic carbocycles. The largest absolute Gasteiger partial charge is 0.376 e. The van der Waals surface area contributed by atoms with Gasteiger partial charge in [-0.05, 0) is 37.8 Å². The molecule has 0 saturated carbocycles. The Labute approximate surface area is 134 Å². The van der Waals surface area contributed by atoms with E-state index in [9.17, 15) is 4.79 Å². The van der Waals surface area contributed by atoms with Crippen LogP contribution in [-0.2, 0) is 17.6 Å². The van der Waals surface area contributed by atoms with Crippen LogP contribution in [0.1, 0.15) is 23.4 Å². The molecule has 3 rings (SSSR count). The van der Waals surface area contributed by atoms with Crippen molar-refractivity contribution in [1.82, 2.24) is 4.98 Å². The molecule has 0 unspecified atom stereocenters. The normalized spacial score (nSPS) is 13.0. The topological polar surface area (TPSA) is 54.0 Å². The van der Waals surface area contributed by atoms with Crippen molar-refractivity contribution in [3.63, 3.8) is 0 Å². The molecule has 1 aliphatic carbocycles. The second-order valence-corrected chi connectivity index (χ2v) is 5.95. The predicted octanol–water partition coefficient (Wildman–Crippen LogP) is 3.49. The number of carbonyl (C=O) groups excluding carboxylic acids is 1.